The van der Waals surface area contributed by atoms with Gasteiger partial charge in [0.2, 0.25) is 0 Å². The zero-order chi connectivity index (χ0) is 11.7. The van der Waals surface area contributed by atoms with Gasteiger partial charge in [-0.2, -0.15) is 0 Å². The van der Waals surface area contributed by atoms with E-state index in [2.05, 4.69) is 64.4 Å². The summed E-state index contributed by atoms with van der Waals surface area (Å²) in [5.41, 5.74) is 0.924. The zero-order valence-corrected chi connectivity index (χ0v) is 13.8. The number of nitrogens with zero attached hydrogens (tertiary/aromatic N) is 2. The molecule has 6 heteroatoms. The molecule has 0 bridgehead atoms. The lowest BCUT2D eigenvalue weighted by Gasteiger charge is -2.03. The summed E-state index contributed by atoms with van der Waals surface area (Å²) in [7, 11) is 0. The molecule has 0 saturated carbocycles. The summed E-state index contributed by atoms with van der Waals surface area (Å²) in [6.07, 6.45) is 1.71. The quantitative estimate of drug-likeness (QED) is 0.433. The highest BCUT2D eigenvalue weighted by Crippen LogP contribution is 2.28. The molecule has 0 fully saturated rings. The first kappa shape index (κ1) is 12.7. The van der Waals surface area contributed by atoms with E-state index in [0.29, 0.717) is 11.0 Å². The molecule has 0 aliphatic heterocycles. The Kier molecular flexibility index (Phi) is 4.21. The molecule has 0 radical (unpaired) electrons. The summed E-state index contributed by atoms with van der Waals surface area (Å²) >= 11 is 14.9. The van der Waals surface area contributed by atoms with Crippen LogP contribution in [0.25, 0.3) is 11.4 Å². The normalized spacial score (nSPS) is 10.5. The van der Waals surface area contributed by atoms with E-state index >= 15 is 0 Å². The van der Waals surface area contributed by atoms with E-state index in [1.807, 2.05) is 18.2 Å². The molecule has 0 saturated heterocycles. The maximum absolute atomic E-state index is 5.96. The maximum atomic E-state index is 5.96. The van der Waals surface area contributed by atoms with Gasteiger partial charge in [0.15, 0.2) is 5.82 Å². The first-order valence-electron chi connectivity index (χ1n) is 4.21. The molecule has 2 aromatic rings. The number of hydrogen-bond donors (Lipinski definition) is 0. The smallest absolute Gasteiger partial charge is 0.160 e. The predicted octanol–water partition coefficient (Wildman–Crippen LogP) is 4.93. The molecular formula is C10H4Br2ClIN2. The summed E-state index contributed by atoms with van der Waals surface area (Å²) in [5.74, 6) is 0.624. The fourth-order valence-corrected chi connectivity index (χ4v) is 2.13. The number of aromatic nitrogens is 2. The third-order valence-corrected chi connectivity index (χ3v) is 5.16. The lowest BCUT2D eigenvalue weighted by molar-refractivity contribution is 1.16. The van der Waals surface area contributed by atoms with Crippen LogP contribution in [-0.2, 0) is 0 Å². The SMILES string of the molecule is Clc1nc(-c2ccc(Br)c(Br)c2)ncc1I. The van der Waals surface area contributed by atoms with Crippen molar-refractivity contribution in [3.05, 3.63) is 42.1 Å². The van der Waals surface area contributed by atoms with E-state index in [4.69, 9.17) is 11.6 Å². The summed E-state index contributed by atoms with van der Waals surface area (Å²) in [5, 5.41) is 0.477. The van der Waals surface area contributed by atoms with Crippen LogP contribution in [0.15, 0.2) is 33.3 Å². The Bertz CT molecular complexity index is 499. The second-order valence-electron chi connectivity index (χ2n) is 2.96. The van der Waals surface area contributed by atoms with Gasteiger partial charge in [0.25, 0.3) is 0 Å². The van der Waals surface area contributed by atoms with Gasteiger partial charge in [-0.1, -0.05) is 11.6 Å². The molecule has 1 aromatic carbocycles. The van der Waals surface area contributed by atoms with Gasteiger partial charge >= 0.3 is 0 Å². The first-order chi connectivity index (χ1) is 7.58. The standard InChI is InChI=1S/C10H4Br2ClIN2/c11-6-2-1-5(3-7(6)12)10-15-4-8(14)9(13)16-10/h1-4H. The second-order valence-corrected chi connectivity index (χ2v) is 6.19. The molecule has 0 atom stereocenters. The summed E-state index contributed by atoms with van der Waals surface area (Å²) < 4.78 is 2.80. The molecule has 16 heavy (non-hydrogen) atoms. The topological polar surface area (TPSA) is 25.8 Å². The van der Waals surface area contributed by atoms with E-state index in [0.717, 1.165) is 18.1 Å². The van der Waals surface area contributed by atoms with Crippen molar-refractivity contribution in [2.24, 2.45) is 0 Å². The van der Waals surface area contributed by atoms with Crippen molar-refractivity contribution in [1.82, 2.24) is 9.97 Å². The van der Waals surface area contributed by atoms with Gasteiger partial charge in [-0.05, 0) is 72.6 Å². The minimum absolute atomic E-state index is 0.477. The molecule has 1 heterocycles. The molecule has 0 spiro atoms. The fraction of sp³-hybridized carbons (Fsp3) is 0. The molecule has 1 aromatic heterocycles. The second kappa shape index (κ2) is 5.29. The van der Waals surface area contributed by atoms with E-state index in [-0.39, 0.29) is 0 Å². The molecule has 0 amide bonds. The van der Waals surface area contributed by atoms with Crippen molar-refractivity contribution in [2.75, 3.05) is 0 Å². The van der Waals surface area contributed by atoms with E-state index in [9.17, 15) is 0 Å². The Morgan fingerprint density at radius 3 is 2.56 bits per heavy atom. The highest BCUT2D eigenvalue weighted by atomic mass is 127. The van der Waals surface area contributed by atoms with Crippen LogP contribution in [0.5, 0.6) is 0 Å². The van der Waals surface area contributed by atoms with Gasteiger partial charge in [-0.15, -0.1) is 0 Å². The minimum Gasteiger partial charge on any atom is -0.235 e. The Labute approximate surface area is 128 Å². The molecule has 0 N–H and O–H groups in total. The van der Waals surface area contributed by atoms with Crippen LogP contribution in [0.3, 0.4) is 0 Å². The Morgan fingerprint density at radius 1 is 1.19 bits per heavy atom. The lowest BCUT2D eigenvalue weighted by Crippen LogP contribution is -1.91. The van der Waals surface area contributed by atoms with Crippen molar-refractivity contribution in [2.45, 2.75) is 0 Å². The van der Waals surface area contributed by atoms with Crippen LogP contribution in [0.2, 0.25) is 5.15 Å². The third kappa shape index (κ3) is 2.75. The maximum Gasteiger partial charge on any atom is 0.160 e. The highest BCUT2D eigenvalue weighted by Gasteiger charge is 2.06. The van der Waals surface area contributed by atoms with Crippen LogP contribution >= 0.6 is 66.1 Å². The van der Waals surface area contributed by atoms with Crippen LogP contribution in [0.1, 0.15) is 0 Å². The van der Waals surface area contributed by atoms with Crippen molar-refractivity contribution >= 4 is 66.1 Å². The van der Waals surface area contributed by atoms with Crippen LogP contribution in [-0.4, -0.2) is 9.97 Å². The van der Waals surface area contributed by atoms with Gasteiger partial charge in [0.1, 0.15) is 5.15 Å². The molecule has 82 valence electrons. The van der Waals surface area contributed by atoms with Gasteiger partial charge in [-0.25, -0.2) is 9.97 Å². The van der Waals surface area contributed by atoms with Crippen molar-refractivity contribution in [1.29, 1.82) is 0 Å². The number of rotatable bonds is 1. The van der Waals surface area contributed by atoms with Crippen LogP contribution < -0.4 is 0 Å². The Morgan fingerprint density at radius 2 is 1.94 bits per heavy atom. The van der Waals surface area contributed by atoms with Crippen LogP contribution in [0.4, 0.5) is 0 Å². The van der Waals surface area contributed by atoms with Crippen LogP contribution in [0, 0.1) is 3.57 Å². The fourth-order valence-electron chi connectivity index (χ4n) is 1.12. The summed E-state index contributed by atoms with van der Waals surface area (Å²) in [4.78, 5) is 8.47. The van der Waals surface area contributed by atoms with Crippen molar-refractivity contribution < 1.29 is 0 Å². The molecular weight excluding hydrogens is 470 g/mol. The summed E-state index contributed by atoms with van der Waals surface area (Å²) in [6.45, 7) is 0. The van der Waals surface area contributed by atoms with E-state index < -0.39 is 0 Å². The number of hydrogen-bond acceptors (Lipinski definition) is 2. The first-order valence-corrected chi connectivity index (χ1v) is 7.25. The highest BCUT2D eigenvalue weighted by molar-refractivity contribution is 14.1. The average Bonchev–Trinajstić information content (AvgIpc) is 2.26. The number of benzene rings is 1. The van der Waals surface area contributed by atoms with Crippen molar-refractivity contribution in [3.8, 4) is 11.4 Å². The lowest BCUT2D eigenvalue weighted by atomic mass is 10.2. The average molecular weight is 474 g/mol. The molecule has 2 rings (SSSR count). The minimum atomic E-state index is 0.477. The Balaban J connectivity index is 2.50. The molecule has 0 aliphatic carbocycles. The van der Waals surface area contributed by atoms with E-state index in [1.165, 1.54) is 0 Å². The van der Waals surface area contributed by atoms with Crippen molar-refractivity contribution in [3.63, 3.8) is 0 Å². The Hall–Kier alpha value is 0.280. The number of halogens is 4. The molecule has 0 unspecified atom stereocenters. The monoisotopic (exact) mass is 472 g/mol. The summed E-state index contributed by atoms with van der Waals surface area (Å²) in [6, 6.07) is 5.82. The third-order valence-electron chi connectivity index (χ3n) is 1.88. The van der Waals surface area contributed by atoms with E-state index in [1.54, 1.807) is 6.20 Å². The van der Waals surface area contributed by atoms with Gasteiger partial charge < -0.3 is 0 Å². The van der Waals surface area contributed by atoms with Gasteiger partial charge in [0.05, 0.1) is 3.57 Å². The largest absolute Gasteiger partial charge is 0.235 e. The predicted molar refractivity (Wildman–Crippen MR) is 80.6 cm³/mol. The van der Waals surface area contributed by atoms with Gasteiger partial charge in [-0.3, -0.25) is 0 Å². The zero-order valence-electron chi connectivity index (χ0n) is 7.72. The van der Waals surface area contributed by atoms with Gasteiger partial charge in [0, 0.05) is 20.7 Å². The molecule has 2 nitrogen and oxygen atoms in total. The molecule has 0 aliphatic rings.